The average Bonchev–Trinajstić information content (AvgIpc) is 3.33. The van der Waals surface area contributed by atoms with Gasteiger partial charge in [-0.1, -0.05) is 72.4 Å². The molecule has 0 saturated heterocycles. The van der Waals surface area contributed by atoms with Gasteiger partial charge in [0.05, 0.1) is 5.25 Å². The fourth-order valence-corrected chi connectivity index (χ4v) is 4.49. The first-order chi connectivity index (χ1) is 17.0. The number of fused-ring (bicyclic) bond motifs is 2. The summed E-state index contributed by atoms with van der Waals surface area (Å²) in [7, 11) is 0. The van der Waals surface area contributed by atoms with Crippen molar-refractivity contribution in [1.29, 1.82) is 0 Å². The number of carbonyl (C=O) groups is 3. The number of thioether (sulfide) groups is 1. The summed E-state index contributed by atoms with van der Waals surface area (Å²) in [6, 6.07) is 21.4. The van der Waals surface area contributed by atoms with E-state index in [4.69, 9.17) is 0 Å². The molecular formula is C27H20N4O3S. The molecule has 1 atom stereocenters. The molecule has 1 aromatic heterocycles. The lowest BCUT2D eigenvalue weighted by molar-refractivity contribution is -0.115. The highest BCUT2D eigenvalue weighted by Gasteiger charge is 2.29. The standard InChI is InChI=1S/C27H20N4O3S/c1-16(35-27-29-23(30-31-27)14-11-17-7-3-2-4-8-17)26(34)28-18-12-13-21-22(15-18)25(33)20-10-6-5-9-19(20)24(21)32/h2-16H,1H3,(H,28,34)(H,29,30,31)/b14-11+. The first-order valence-electron chi connectivity index (χ1n) is 10.9. The van der Waals surface area contributed by atoms with E-state index in [0.717, 1.165) is 5.56 Å². The molecule has 1 unspecified atom stereocenters. The Morgan fingerprint density at radius 1 is 0.886 bits per heavy atom. The van der Waals surface area contributed by atoms with E-state index < -0.39 is 5.25 Å². The molecule has 5 rings (SSSR count). The number of carbonyl (C=O) groups excluding carboxylic acids is 3. The van der Waals surface area contributed by atoms with Gasteiger partial charge in [0.15, 0.2) is 11.6 Å². The number of nitrogens with one attached hydrogen (secondary N) is 2. The van der Waals surface area contributed by atoms with Gasteiger partial charge in [-0.25, -0.2) is 4.98 Å². The largest absolute Gasteiger partial charge is 0.325 e. The highest BCUT2D eigenvalue weighted by molar-refractivity contribution is 8.00. The van der Waals surface area contributed by atoms with Crippen LogP contribution in [0.15, 0.2) is 78.0 Å². The molecule has 3 aromatic carbocycles. The van der Waals surface area contributed by atoms with Crippen LogP contribution in [-0.4, -0.2) is 37.9 Å². The number of aromatic amines is 1. The lowest BCUT2D eigenvalue weighted by Gasteiger charge is -2.18. The maximum absolute atomic E-state index is 12.9. The molecule has 1 aliphatic rings. The molecule has 1 amide bonds. The summed E-state index contributed by atoms with van der Waals surface area (Å²) >= 11 is 1.21. The molecule has 8 heteroatoms. The van der Waals surface area contributed by atoms with Crippen molar-refractivity contribution >= 4 is 47.1 Å². The van der Waals surface area contributed by atoms with E-state index in [1.54, 1.807) is 49.4 Å². The van der Waals surface area contributed by atoms with E-state index in [-0.39, 0.29) is 23.0 Å². The quantitative estimate of drug-likeness (QED) is 0.336. The second-order valence-corrected chi connectivity index (χ2v) is 9.27. The summed E-state index contributed by atoms with van der Waals surface area (Å²) in [4.78, 5) is 42.9. The third-order valence-corrected chi connectivity index (χ3v) is 6.52. The van der Waals surface area contributed by atoms with Gasteiger partial charge >= 0.3 is 0 Å². The van der Waals surface area contributed by atoms with Crippen molar-refractivity contribution in [2.24, 2.45) is 0 Å². The topological polar surface area (TPSA) is 105 Å². The Labute approximate surface area is 205 Å². The van der Waals surface area contributed by atoms with E-state index in [0.29, 0.717) is 33.4 Å². The first-order valence-corrected chi connectivity index (χ1v) is 11.8. The number of amides is 1. The van der Waals surface area contributed by atoms with Gasteiger partial charge in [0.2, 0.25) is 11.1 Å². The predicted octanol–water partition coefficient (Wildman–Crippen LogP) is 4.87. The SMILES string of the molecule is CC(Sc1n[nH]c(/C=C/c2ccccc2)n1)C(=O)Nc1ccc2c(c1)C(=O)c1ccccc1C2=O. The van der Waals surface area contributed by atoms with Gasteiger partial charge in [-0.15, -0.1) is 5.10 Å². The molecule has 0 aliphatic heterocycles. The summed E-state index contributed by atoms with van der Waals surface area (Å²) in [5, 5.41) is 9.79. The molecule has 0 bridgehead atoms. The minimum Gasteiger partial charge on any atom is -0.325 e. The molecule has 1 heterocycles. The van der Waals surface area contributed by atoms with Crippen molar-refractivity contribution in [2.75, 3.05) is 5.32 Å². The number of rotatable bonds is 6. The molecule has 7 nitrogen and oxygen atoms in total. The third kappa shape index (κ3) is 4.69. The monoisotopic (exact) mass is 480 g/mol. The van der Waals surface area contributed by atoms with Crippen LogP contribution in [0, 0.1) is 0 Å². The van der Waals surface area contributed by atoms with E-state index in [2.05, 4.69) is 20.5 Å². The Morgan fingerprint density at radius 3 is 2.29 bits per heavy atom. The summed E-state index contributed by atoms with van der Waals surface area (Å²) in [6.45, 7) is 1.75. The Balaban J connectivity index is 1.25. The zero-order valence-corrected chi connectivity index (χ0v) is 19.5. The van der Waals surface area contributed by atoms with E-state index in [1.807, 2.05) is 42.5 Å². The van der Waals surface area contributed by atoms with Crippen LogP contribution in [0.3, 0.4) is 0 Å². The molecule has 0 spiro atoms. The minimum absolute atomic E-state index is 0.196. The summed E-state index contributed by atoms with van der Waals surface area (Å²) in [5.41, 5.74) is 2.89. The number of anilines is 1. The van der Waals surface area contributed by atoms with Gasteiger partial charge in [-0.3, -0.25) is 19.5 Å². The number of nitrogens with zero attached hydrogens (tertiary/aromatic N) is 2. The lowest BCUT2D eigenvalue weighted by atomic mass is 9.84. The molecule has 1 aliphatic carbocycles. The van der Waals surface area contributed by atoms with Crippen LogP contribution in [-0.2, 0) is 4.79 Å². The van der Waals surface area contributed by atoms with Gasteiger partial charge in [0.25, 0.3) is 0 Å². The smallest absolute Gasteiger partial charge is 0.237 e. The van der Waals surface area contributed by atoms with Crippen LogP contribution < -0.4 is 5.32 Å². The lowest BCUT2D eigenvalue weighted by Crippen LogP contribution is -2.24. The summed E-state index contributed by atoms with van der Waals surface area (Å²) in [6.07, 6.45) is 3.74. The number of H-pyrrole nitrogens is 1. The molecule has 35 heavy (non-hydrogen) atoms. The summed E-state index contributed by atoms with van der Waals surface area (Å²) in [5.74, 6) is -0.109. The van der Waals surface area contributed by atoms with Crippen LogP contribution in [0.2, 0.25) is 0 Å². The van der Waals surface area contributed by atoms with E-state index in [9.17, 15) is 14.4 Å². The van der Waals surface area contributed by atoms with Gasteiger partial charge in [0, 0.05) is 27.9 Å². The first kappa shape index (κ1) is 22.5. The Hall–Kier alpha value is -4.30. The van der Waals surface area contributed by atoms with Crippen molar-refractivity contribution in [3.63, 3.8) is 0 Å². The molecular weight excluding hydrogens is 460 g/mol. The zero-order valence-electron chi connectivity index (χ0n) is 18.7. The zero-order chi connectivity index (χ0) is 24.4. The van der Waals surface area contributed by atoms with E-state index >= 15 is 0 Å². The Bertz CT molecular complexity index is 1480. The molecule has 0 saturated carbocycles. The second-order valence-electron chi connectivity index (χ2n) is 7.96. The maximum Gasteiger partial charge on any atom is 0.237 e. The fraction of sp³-hybridized carbons (Fsp3) is 0.0741. The maximum atomic E-state index is 12.9. The van der Waals surface area contributed by atoms with Crippen LogP contribution in [0.4, 0.5) is 5.69 Å². The normalized spacial score (nSPS) is 13.4. The second kappa shape index (κ2) is 9.52. The van der Waals surface area contributed by atoms with Crippen LogP contribution in [0.25, 0.3) is 12.2 Å². The third-order valence-electron chi connectivity index (χ3n) is 5.56. The van der Waals surface area contributed by atoms with Gasteiger partial charge < -0.3 is 5.32 Å². The average molecular weight is 481 g/mol. The molecule has 2 N–H and O–H groups in total. The van der Waals surface area contributed by atoms with Gasteiger partial charge in [-0.05, 0) is 36.8 Å². The number of benzene rings is 3. The molecule has 0 radical (unpaired) electrons. The predicted molar refractivity (Wildman–Crippen MR) is 135 cm³/mol. The minimum atomic E-state index is -0.495. The van der Waals surface area contributed by atoms with Crippen molar-refractivity contribution in [2.45, 2.75) is 17.3 Å². The molecule has 172 valence electrons. The van der Waals surface area contributed by atoms with Crippen molar-refractivity contribution in [1.82, 2.24) is 15.2 Å². The highest BCUT2D eigenvalue weighted by Crippen LogP contribution is 2.29. The molecule has 4 aromatic rings. The number of hydrogen-bond acceptors (Lipinski definition) is 6. The van der Waals surface area contributed by atoms with Crippen molar-refractivity contribution < 1.29 is 14.4 Å². The highest BCUT2D eigenvalue weighted by atomic mass is 32.2. The number of aromatic nitrogens is 3. The van der Waals surface area contributed by atoms with Crippen LogP contribution in [0.5, 0.6) is 0 Å². The van der Waals surface area contributed by atoms with Crippen molar-refractivity contribution in [3.05, 3.63) is 106 Å². The van der Waals surface area contributed by atoms with Gasteiger partial charge in [-0.2, -0.15) is 0 Å². The number of ketones is 2. The molecule has 0 fully saturated rings. The fourth-order valence-electron chi connectivity index (χ4n) is 3.76. The van der Waals surface area contributed by atoms with Crippen molar-refractivity contribution in [3.8, 4) is 0 Å². The summed E-state index contributed by atoms with van der Waals surface area (Å²) < 4.78 is 0. The van der Waals surface area contributed by atoms with Crippen LogP contribution >= 0.6 is 11.8 Å². The van der Waals surface area contributed by atoms with E-state index in [1.165, 1.54) is 11.8 Å². The van der Waals surface area contributed by atoms with Crippen LogP contribution in [0.1, 0.15) is 50.2 Å². The Morgan fingerprint density at radius 2 is 1.54 bits per heavy atom. The Kier molecular flexibility index (Phi) is 6.12. The van der Waals surface area contributed by atoms with Gasteiger partial charge in [0.1, 0.15) is 5.82 Å². The number of hydrogen-bond donors (Lipinski definition) is 2.